The fourth-order valence-corrected chi connectivity index (χ4v) is 5.05. The molecule has 150 valence electrons. The minimum atomic E-state index is -0.154. The number of hydrogen-bond acceptors (Lipinski definition) is 2. The molecule has 2 aromatic rings. The lowest BCUT2D eigenvalue weighted by molar-refractivity contribution is 0.219. The Hall–Kier alpha value is -1.71. The summed E-state index contributed by atoms with van der Waals surface area (Å²) in [5.41, 5.74) is 4.06. The first kappa shape index (κ1) is 19.6. The van der Waals surface area contributed by atoms with Crippen LogP contribution in [0.2, 0.25) is 0 Å². The van der Waals surface area contributed by atoms with Gasteiger partial charge in [0, 0.05) is 12.1 Å². The van der Waals surface area contributed by atoms with Crippen molar-refractivity contribution in [1.29, 1.82) is 0 Å². The Kier molecular flexibility index (Phi) is 6.13. The SMILES string of the molecule is CN1CCC(Cc2cccc(CNC3(c4ccc(F)cc4)CCCC3)c2)CC1. The lowest BCUT2D eigenvalue weighted by Crippen LogP contribution is -2.39. The summed E-state index contributed by atoms with van der Waals surface area (Å²) in [4.78, 5) is 2.44. The third kappa shape index (κ3) is 4.64. The minimum Gasteiger partial charge on any atom is -0.306 e. The van der Waals surface area contributed by atoms with Gasteiger partial charge in [-0.2, -0.15) is 0 Å². The van der Waals surface area contributed by atoms with E-state index in [1.54, 1.807) is 12.1 Å². The molecule has 1 aliphatic heterocycles. The molecule has 1 heterocycles. The summed E-state index contributed by atoms with van der Waals surface area (Å²) in [5.74, 6) is 0.665. The number of benzene rings is 2. The maximum atomic E-state index is 13.4. The summed E-state index contributed by atoms with van der Waals surface area (Å²) in [5, 5.41) is 3.85. The van der Waals surface area contributed by atoms with Gasteiger partial charge < -0.3 is 10.2 Å². The average molecular weight is 381 g/mol. The van der Waals surface area contributed by atoms with Gasteiger partial charge in [0.25, 0.3) is 0 Å². The smallest absolute Gasteiger partial charge is 0.123 e. The van der Waals surface area contributed by atoms with E-state index < -0.39 is 0 Å². The third-order valence-corrected chi connectivity index (χ3v) is 6.84. The molecule has 0 aromatic heterocycles. The zero-order valence-electron chi connectivity index (χ0n) is 17.1. The van der Waals surface area contributed by atoms with Crippen LogP contribution in [0.3, 0.4) is 0 Å². The predicted octanol–water partition coefficient (Wildman–Crippen LogP) is 5.27. The molecule has 0 amide bonds. The molecule has 2 aromatic carbocycles. The number of likely N-dealkylation sites (tertiary alicyclic amines) is 1. The number of rotatable bonds is 6. The molecular weight excluding hydrogens is 347 g/mol. The number of piperidine rings is 1. The monoisotopic (exact) mass is 380 g/mol. The molecular formula is C25H33FN2. The van der Waals surface area contributed by atoms with Crippen LogP contribution in [-0.4, -0.2) is 25.0 Å². The standard InChI is InChI=1S/C25H33FN2/c1-28-15-11-20(12-16-28)17-21-5-4-6-22(18-21)19-27-25(13-2-3-14-25)23-7-9-24(26)10-8-23/h4-10,18,20,27H,2-3,11-17,19H2,1H3. The fourth-order valence-electron chi connectivity index (χ4n) is 5.05. The van der Waals surface area contributed by atoms with E-state index in [-0.39, 0.29) is 11.4 Å². The summed E-state index contributed by atoms with van der Waals surface area (Å²) in [6.45, 7) is 3.33. The molecule has 0 spiro atoms. The molecule has 0 bridgehead atoms. The topological polar surface area (TPSA) is 15.3 Å². The molecule has 1 saturated carbocycles. The van der Waals surface area contributed by atoms with E-state index in [4.69, 9.17) is 0 Å². The number of halogens is 1. The molecule has 2 aliphatic rings. The molecule has 1 aliphatic carbocycles. The van der Waals surface area contributed by atoms with E-state index in [0.717, 1.165) is 25.3 Å². The Bertz CT molecular complexity index is 756. The van der Waals surface area contributed by atoms with E-state index in [1.165, 1.54) is 61.9 Å². The Morgan fingerprint density at radius 1 is 1.00 bits per heavy atom. The van der Waals surface area contributed by atoms with E-state index in [2.05, 4.69) is 41.5 Å². The highest BCUT2D eigenvalue weighted by atomic mass is 19.1. The molecule has 0 unspecified atom stereocenters. The Morgan fingerprint density at radius 2 is 1.68 bits per heavy atom. The van der Waals surface area contributed by atoms with Crippen molar-refractivity contribution < 1.29 is 4.39 Å². The van der Waals surface area contributed by atoms with Gasteiger partial charge in [-0.15, -0.1) is 0 Å². The van der Waals surface area contributed by atoms with E-state index >= 15 is 0 Å². The molecule has 0 radical (unpaired) electrons. The van der Waals surface area contributed by atoms with Crippen LogP contribution in [0.15, 0.2) is 48.5 Å². The first-order valence-corrected chi connectivity index (χ1v) is 10.9. The number of hydrogen-bond donors (Lipinski definition) is 1. The second-order valence-corrected chi connectivity index (χ2v) is 8.92. The molecule has 3 heteroatoms. The quantitative estimate of drug-likeness (QED) is 0.734. The molecule has 2 nitrogen and oxygen atoms in total. The van der Waals surface area contributed by atoms with Crippen molar-refractivity contribution in [2.45, 2.75) is 57.0 Å². The van der Waals surface area contributed by atoms with E-state index in [1.807, 2.05) is 12.1 Å². The molecule has 4 rings (SSSR count). The maximum absolute atomic E-state index is 13.4. The van der Waals surface area contributed by atoms with Crippen LogP contribution in [0.1, 0.15) is 55.2 Å². The second kappa shape index (κ2) is 8.75. The average Bonchev–Trinajstić information content (AvgIpc) is 3.19. The normalized spacial score (nSPS) is 20.5. The van der Waals surface area contributed by atoms with Gasteiger partial charge in [-0.25, -0.2) is 4.39 Å². The summed E-state index contributed by atoms with van der Waals surface area (Å²) in [7, 11) is 2.22. The maximum Gasteiger partial charge on any atom is 0.123 e. The zero-order chi connectivity index (χ0) is 19.4. The van der Waals surface area contributed by atoms with Crippen LogP contribution < -0.4 is 5.32 Å². The molecule has 1 N–H and O–H groups in total. The second-order valence-electron chi connectivity index (χ2n) is 8.92. The van der Waals surface area contributed by atoms with Gasteiger partial charge in [-0.3, -0.25) is 0 Å². The van der Waals surface area contributed by atoms with Crippen molar-refractivity contribution in [3.63, 3.8) is 0 Å². The van der Waals surface area contributed by atoms with Crippen LogP contribution in [0, 0.1) is 11.7 Å². The van der Waals surface area contributed by atoms with Gasteiger partial charge in [0.1, 0.15) is 5.82 Å². The van der Waals surface area contributed by atoms with E-state index in [0.29, 0.717) is 0 Å². The van der Waals surface area contributed by atoms with Gasteiger partial charge in [0.15, 0.2) is 0 Å². The van der Waals surface area contributed by atoms with Crippen LogP contribution in [0.4, 0.5) is 4.39 Å². The summed E-state index contributed by atoms with van der Waals surface area (Å²) >= 11 is 0. The number of nitrogens with one attached hydrogen (secondary N) is 1. The highest BCUT2D eigenvalue weighted by molar-refractivity contribution is 5.28. The first-order valence-electron chi connectivity index (χ1n) is 10.9. The molecule has 1 saturated heterocycles. The van der Waals surface area contributed by atoms with Gasteiger partial charge in [-0.05, 0) is 87.0 Å². The zero-order valence-corrected chi connectivity index (χ0v) is 17.1. The highest BCUT2D eigenvalue weighted by Crippen LogP contribution is 2.39. The van der Waals surface area contributed by atoms with Gasteiger partial charge in [-0.1, -0.05) is 49.2 Å². The first-order chi connectivity index (χ1) is 13.6. The summed E-state index contributed by atoms with van der Waals surface area (Å²) in [6.07, 6.45) is 8.56. The Morgan fingerprint density at radius 3 is 2.39 bits per heavy atom. The predicted molar refractivity (Wildman–Crippen MR) is 114 cm³/mol. The lowest BCUT2D eigenvalue weighted by Gasteiger charge is -2.31. The van der Waals surface area contributed by atoms with Crippen molar-refractivity contribution in [3.05, 3.63) is 71.0 Å². The van der Waals surface area contributed by atoms with E-state index in [9.17, 15) is 4.39 Å². The van der Waals surface area contributed by atoms with Crippen molar-refractivity contribution >= 4 is 0 Å². The summed E-state index contributed by atoms with van der Waals surface area (Å²) < 4.78 is 13.4. The minimum absolute atomic E-state index is 0.00232. The van der Waals surface area contributed by atoms with Crippen LogP contribution >= 0.6 is 0 Å². The van der Waals surface area contributed by atoms with Gasteiger partial charge in [0.05, 0.1) is 0 Å². The van der Waals surface area contributed by atoms with Gasteiger partial charge in [0.2, 0.25) is 0 Å². The van der Waals surface area contributed by atoms with Crippen molar-refractivity contribution in [2.24, 2.45) is 5.92 Å². The third-order valence-electron chi connectivity index (χ3n) is 6.84. The molecule has 0 atom stereocenters. The fraction of sp³-hybridized carbons (Fsp3) is 0.520. The largest absolute Gasteiger partial charge is 0.306 e. The Balaban J connectivity index is 1.41. The van der Waals surface area contributed by atoms with Crippen molar-refractivity contribution in [2.75, 3.05) is 20.1 Å². The van der Waals surface area contributed by atoms with Crippen molar-refractivity contribution in [3.8, 4) is 0 Å². The van der Waals surface area contributed by atoms with Crippen LogP contribution in [-0.2, 0) is 18.5 Å². The summed E-state index contributed by atoms with van der Waals surface area (Å²) in [6, 6.07) is 16.2. The van der Waals surface area contributed by atoms with Gasteiger partial charge >= 0.3 is 0 Å². The highest BCUT2D eigenvalue weighted by Gasteiger charge is 2.34. The number of nitrogens with zero attached hydrogens (tertiary/aromatic N) is 1. The Labute approximate surface area is 169 Å². The molecule has 28 heavy (non-hydrogen) atoms. The van der Waals surface area contributed by atoms with Crippen molar-refractivity contribution in [1.82, 2.24) is 10.2 Å². The lowest BCUT2D eigenvalue weighted by atomic mass is 9.87. The van der Waals surface area contributed by atoms with Crippen LogP contribution in [0.25, 0.3) is 0 Å². The van der Waals surface area contributed by atoms with Crippen LogP contribution in [0.5, 0.6) is 0 Å². The molecule has 2 fully saturated rings.